The fraction of sp³-hybridized carbons (Fsp3) is 0.750. The van der Waals surface area contributed by atoms with E-state index < -0.39 is 6.04 Å². The van der Waals surface area contributed by atoms with Crippen molar-refractivity contribution in [2.45, 2.75) is 12.5 Å². The van der Waals surface area contributed by atoms with Crippen LogP contribution in [0.5, 0.6) is 0 Å². The van der Waals surface area contributed by atoms with E-state index in [0.29, 0.717) is 13.0 Å². The van der Waals surface area contributed by atoms with Crippen molar-refractivity contribution in [2.24, 2.45) is 10.8 Å². The van der Waals surface area contributed by atoms with Crippen molar-refractivity contribution in [2.75, 3.05) is 6.54 Å². The summed E-state index contributed by atoms with van der Waals surface area (Å²) in [6.07, 6.45) is 0.431. The van der Waals surface area contributed by atoms with Crippen LogP contribution in [0.1, 0.15) is 6.42 Å². The van der Waals surface area contributed by atoms with E-state index in [4.69, 9.17) is 16.5 Å². The van der Waals surface area contributed by atoms with E-state index in [1.807, 2.05) is 6.07 Å². The highest BCUT2D eigenvalue weighted by Crippen LogP contribution is 1.85. The van der Waals surface area contributed by atoms with Gasteiger partial charge in [-0.1, -0.05) is 5.11 Å². The molecule has 0 aromatic rings. The fourth-order valence-electron chi connectivity index (χ4n) is 0.306. The molecular weight excluding hydrogens is 118 g/mol. The number of nitrogens with zero attached hydrogens (tertiary/aromatic N) is 4. The average molecular weight is 125 g/mol. The summed E-state index contributed by atoms with van der Waals surface area (Å²) >= 11 is 0. The van der Waals surface area contributed by atoms with Gasteiger partial charge in [0.2, 0.25) is 0 Å². The Hall–Kier alpha value is -1.24. The topological polar surface area (TPSA) is 98.6 Å². The summed E-state index contributed by atoms with van der Waals surface area (Å²) in [6, 6.07) is 1.31. The normalized spacial score (nSPS) is 11.1. The first kappa shape index (κ1) is 7.76. The Labute approximate surface area is 52.7 Å². The van der Waals surface area contributed by atoms with Crippen molar-refractivity contribution in [1.82, 2.24) is 0 Å². The first-order valence-electron chi connectivity index (χ1n) is 2.47. The molecule has 0 aliphatic heterocycles. The molecule has 48 valence electrons. The predicted octanol–water partition coefficient (Wildman–Crippen LogP) is 0.538. The van der Waals surface area contributed by atoms with Gasteiger partial charge in [-0.3, -0.25) is 0 Å². The van der Waals surface area contributed by atoms with Gasteiger partial charge >= 0.3 is 0 Å². The van der Waals surface area contributed by atoms with Crippen LogP contribution in [0.25, 0.3) is 10.4 Å². The minimum Gasteiger partial charge on any atom is -0.316 e. The molecule has 5 heteroatoms. The molecule has 0 amide bonds. The molecule has 0 unspecified atom stereocenters. The van der Waals surface area contributed by atoms with E-state index in [9.17, 15) is 0 Å². The SMILES string of the molecule is N#C[C@@H](N)CCN=[N+]=[N-]. The number of nitriles is 1. The van der Waals surface area contributed by atoms with Crippen LogP contribution in [0.15, 0.2) is 5.11 Å². The molecule has 5 nitrogen and oxygen atoms in total. The molecule has 0 radical (unpaired) electrons. The fourth-order valence-corrected chi connectivity index (χ4v) is 0.306. The van der Waals surface area contributed by atoms with E-state index in [1.54, 1.807) is 0 Å². The van der Waals surface area contributed by atoms with E-state index in [2.05, 4.69) is 10.0 Å². The molecular formula is C4H7N5. The highest BCUT2D eigenvalue weighted by molar-refractivity contribution is 4.86. The summed E-state index contributed by atoms with van der Waals surface area (Å²) in [5, 5.41) is 11.3. The minimum atomic E-state index is -0.504. The van der Waals surface area contributed by atoms with Crippen molar-refractivity contribution < 1.29 is 0 Å². The van der Waals surface area contributed by atoms with E-state index in [0.717, 1.165) is 0 Å². The highest BCUT2D eigenvalue weighted by Gasteiger charge is 1.95. The lowest BCUT2D eigenvalue weighted by molar-refractivity contribution is 0.739. The van der Waals surface area contributed by atoms with E-state index >= 15 is 0 Å². The molecule has 2 N–H and O–H groups in total. The largest absolute Gasteiger partial charge is 0.316 e. The molecule has 9 heavy (non-hydrogen) atoms. The lowest BCUT2D eigenvalue weighted by Crippen LogP contribution is -2.17. The number of azide groups is 1. The van der Waals surface area contributed by atoms with Gasteiger partial charge in [-0.2, -0.15) is 5.26 Å². The highest BCUT2D eigenvalue weighted by atomic mass is 15.1. The zero-order chi connectivity index (χ0) is 7.11. The molecule has 0 saturated carbocycles. The van der Waals surface area contributed by atoms with Gasteiger partial charge < -0.3 is 5.73 Å². The second-order valence-corrected chi connectivity index (χ2v) is 1.48. The van der Waals surface area contributed by atoms with Gasteiger partial charge in [0, 0.05) is 11.5 Å². The Kier molecular flexibility index (Phi) is 4.23. The Morgan fingerprint density at radius 1 is 1.89 bits per heavy atom. The predicted molar refractivity (Wildman–Crippen MR) is 32.2 cm³/mol. The molecule has 0 rings (SSSR count). The Morgan fingerprint density at radius 2 is 2.56 bits per heavy atom. The molecule has 0 fully saturated rings. The third kappa shape index (κ3) is 4.62. The lowest BCUT2D eigenvalue weighted by Gasteiger charge is -1.93. The number of hydrogen-bond donors (Lipinski definition) is 1. The molecule has 0 bridgehead atoms. The van der Waals surface area contributed by atoms with Crippen molar-refractivity contribution in [3.05, 3.63) is 10.4 Å². The minimum absolute atomic E-state index is 0.297. The Balaban J connectivity index is 3.30. The molecule has 0 aliphatic rings. The monoisotopic (exact) mass is 125 g/mol. The van der Waals surface area contributed by atoms with Crippen LogP contribution in [-0.4, -0.2) is 12.6 Å². The van der Waals surface area contributed by atoms with Crippen LogP contribution in [0.2, 0.25) is 0 Å². The summed E-state index contributed by atoms with van der Waals surface area (Å²) in [7, 11) is 0. The van der Waals surface area contributed by atoms with Gasteiger partial charge in [0.1, 0.15) is 0 Å². The number of nitrogens with two attached hydrogens (primary N) is 1. The van der Waals surface area contributed by atoms with Crippen LogP contribution in [0.3, 0.4) is 0 Å². The smallest absolute Gasteiger partial charge is 0.0929 e. The summed E-state index contributed by atoms with van der Waals surface area (Å²) in [6.45, 7) is 0.297. The van der Waals surface area contributed by atoms with Crippen molar-refractivity contribution in [1.29, 1.82) is 5.26 Å². The van der Waals surface area contributed by atoms with Crippen LogP contribution in [0.4, 0.5) is 0 Å². The van der Waals surface area contributed by atoms with Crippen LogP contribution >= 0.6 is 0 Å². The van der Waals surface area contributed by atoms with E-state index in [-0.39, 0.29) is 0 Å². The summed E-state index contributed by atoms with van der Waals surface area (Å²) in [4.78, 5) is 2.50. The molecule has 0 saturated heterocycles. The Morgan fingerprint density at radius 3 is 3.00 bits per heavy atom. The van der Waals surface area contributed by atoms with Crippen molar-refractivity contribution in [3.8, 4) is 6.07 Å². The molecule has 1 atom stereocenters. The molecule has 0 spiro atoms. The third-order valence-electron chi connectivity index (χ3n) is 0.769. The second kappa shape index (κ2) is 4.91. The number of rotatable bonds is 3. The van der Waals surface area contributed by atoms with Gasteiger partial charge in [-0.25, -0.2) is 0 Å². The van der Waals surface area contributed by atoms with Crippen LogP contribution < -0.4 is 5.73 Å². The maximum Gasteiger partial charge on any atom is 0.0929 e. The van der Waals surface area contributed by atoms with Gasteiger partial charge in [0.05, 0.1) is 12.1 Å². The first-order chi connectivity index (χ1) is 4.31. The quantitative estimate of drug-likeness (QED) is 0.338. The van der Waals surface area contributed by atoms with Crippen LogP contribution in [-0.2, 0) is 0 Å². The average Bonchev–Trinajstić information content (AvgIpc) is 1.89. The van der Waals surface area contributed by atoms with Gasteiger partial charge in [0.25, 0.3) is 0 Å². The third-order valence-corrected chi connectivity index (χ3v) is 0.769. The summed E-state index contributed by atoms with van der Waals surface area (Å²) in [5.74, 6) is 0. The first-order valence-corrected chi connectivity index (χ1v) is 2.47. The summed E-state index contributed by atoms with van der Waals surface area (Å²) < 4.78 is 0. The molecule has 0 heterocycles. The number of hydrogen-bond acceptors (Lipinski definition) is 3. The van der Waals surface area contributed by atoms with Gasteiger partial charge in [-0.15, -0.1) is 0 Å². The zero-order valence-corrected chi connectivity index (χ0v) is 4.86. The van der Waals surface area contributed by atoms with E-state index in [1.165, 1.54) is 0 Å². The maximum absolute atomic E-state index is 8.12. The van der Waals surface area contributed by atoms with Gasteiger partial charge in [0.15, 0.2) is 0 Å². The van der Waals surface area contributed by atoms with Gasteiger partial charge in [-0.05, 0) is 12.0 Å². The lowest BCUT2D eigenvalue weighted by atomic mass is 10.2. The van der Waals surface area contributed by atoms with Crippen molar-refractivity contribution in [3.63, 3.8) is 0 Å². The zero-order valence-electron chi connectivity index (χ0n) is 4.86. The molecule has 0 aromatic heterocycles. The molecule has 0 aliphatic carbocycles. The molecule has 0 aromatic carbocycles. The second-order valence-electron chi connectivity index (χ2n) is 1.48. The van der Waals surface area contributed by atoms with Crippen LogP contribution in [0, 0.1) is 11.3 Å². The maximum atomic E-state index is 8.12. The summed E-state index contributed by atoms with van der Waals surface area (Å²) in [5.41, 5.74) is 13.0. The van der Waals surface area contributed by atoms with Crippen molar-refractivity contribution >= 4 is 0 Å². The Bertz CT molecular complexity index is 151. The standard InChI is InChI=1S/C4H7N5/c5-3-4(6)1-2-8-9-7/h4H,1-2,6H2/t4-/m0/s1.